The fourth-order valence-electron chi connectivity index (χ4n) is 1.15. The van der Waals surface area contributed by atoms with E-state index in [2.05, 4.69) is 6.58 Å². The lowest BCUT2D eigenvalue weighted by Crippen LogP contribution is -2.13. The van der Waals surface area contributed by atoms with Crippen molar-refractivity contribution in [2.24, 2.45) is 0 Å². The summed E-state index contributed by atoms with van der Waals surface area (Å²) in [7, 11) is 0. The van der Waals surface area contributed by atoms with Crippen molar-refractivity contribution in [3.8, 4) is 5.75 Å². The van der Waals surface area contributed by atoms with Crippen molar-refractivity contribution < 1.29 is 19.4 Å². The van der Waals surface area contributed by atoms with Crippen molar-refractivity contribution in [3.63, 3.8) is 0 Å². The molecule has 4 heteroatoms. The van der Waals surface area contributed by atoms with Gasteiger partial charge in [0, 0.05) is 0 Å². The highest BCUT2D eigenvalue weighted by Gasteiger charge is 2.09. The van der Waals surface area contributed by atoms with E-state index in [0.717, 1.165) is 12.0 Å². The molecule has 1 aromatic rings. The van der Waals surface area contributed by atoms with Gasteiger partial charge in [-0.1, -0.05) is 18.2 Å². The second-order valence-corrected chi connectivity index (χ2v) is 3.18. The molecule has 0 aromatic heterocycles. The van der Waals surface area contributed by atoms with E-state index in [0.29, 0.717) is 5.75 Å². The summed E-state index contributed by atoms with van der Waals surface area (Å²) in [4.78, 5) is 21.2. The van der Waals surface area contributed by atoms with Crippen molar-refractivity contribution in [3.05, 3.63) is 42.5 Å². The van der Waals surface area contributed by atoms with Crippen LogP contribution in [0.1, 0.15) is 12.0 Å². The largest absolute Gasteiger partial charge is 0.481 e. The number of aliphatic carboxylic acids is 1. The fraction of sp³-hybridized carbons (Fsp3) is 0.167. The fourth-order valence-corrected chi connectivity index (χ4v) is 1.15. The van der Waals surface area contributed by atoms with Crippen LogP contribution < -0.4 is 4.74 Å². The van der Waals surface area contributed by atoms with E-state index in [4.69, 9.17) is 9.84 Å². The van der Waals surface area contributed by atoms with Crippen molar-refractivity contribution >= 4 is 11.9 Å². The Hall–Kier alpha value is -2.10. The molecule has 0 unspecified atom stereocenters. The second kappa shape index (κ2) is 5.70. The Bertz CT molecular complexity index is 392. The van der Waals surface area contributed by atoms with E-state index in [1.165, 1.54) is 0 Å². The van der Waals surface area contributed by atoms with Crippen LogP contribution >= 0.6 is 0 Å². The first kappa shape index (κ1) is 12.0. The zero-order valence-electron chi connectivity index (χ0n) is 8.68. The number of allylic oxidation sites excluding steroid dienone is 1. The average molecular weight is 220 g/mol. The number of carboxylic acid groups (broad SMARTS) is 1. The molecule has 0 saturated carbocycles. The number of carbonyl (C=O) groups is 2. The maximum atomic E-state index is 11.0. The average Bonchev–Trinajstić information content (AvgIpc) is 2.20. The molecule has 0 amide bonds. The molecular formula is C12H12O4. The molecule has 0 atom stereocenters. The van der Waals surface area contributed by atoms with E-state index in [1.807, 2.05) is 0 Å². The third-order valence-corrected chi connectivity index (χ3v) is 1.83. The monoisotopic (exact) mass is 220 g/mol. The van der Waals surface area contributed by atoms with Gasteiger partial charge in [-0.05, 0) is 24.1 Å². The maximum Gasteiger partial charge on any atom is 0.322 e. The van der Waals surface area contributed by atoms with Crippen LogP contribution in [-0.4, -0.2) is 17.0 Å². The summed E-state index contributed by atoms with van der Waals surface area (Å²) in [5, 5.41) is 8.36. The van der Waals surface area contributed by atoms with E-state index in [9.17, 15) is 9.59 Å². The highest BCUT2D eigenvalue weighted by atomic mass is 16.5. The first-order chi connectivity index (χ1) is 7.61. The molecule has 0 heterocycles. The highest BCUT2D eigenvalue weighted by Crippen LogP contribution is 2.13. The third-order valence-electron chi connectivity index (χ3n) is 1.83. The predicted octanol–water partition coefficient (Wildman–Crippen LogP) is 1.80. The molecule has 84 valence electrons. The van der Waals surface area contributed by atoms with Gasteiger partial charge in [0.2, 0.25) is 0 Å². The number of benzene rings is 1. The van der Waals surface area contributed by atoms with Crippen LogP contribution in [0.15, 0.2) is 36.9 Å². The maximum absolute atomic E-state index is 11.0. The summed E-state index contributed by atoms with van der Waals surface area (Å²) in [5.74, 6) is -1.63. The number of esters is 1. The van der Waals surface area contributed by atoms with Crippen molar-refractivity contribution in [1.29, 1.82) is 0 Å². The Morgan fingerprint density at radius 1 is 1.31 bits per heavy atom. The van der Waals surface area contributed by atoms with Crippen LogP contribution in [-0.2, 0) is 16.0 Å². The molecule has 1 aromatic carbocycles. The van der Waals surface area contributed by atoms with Gasteiger partial charge in [-0.3, -0.25) is 9.59 Å². The SMILES string of the molecule is C=CCc1ccc(OC(=O)CC(=O)O)cc1. The molecular weight excluding hydrogens is 208 g/mol. The van der Waals surface area contributed by atoms with Crippen LogP contribution in [0.25, 0.3) is 0 Å². The Labute approximate surface area is 93.2 Å². The summed E-state index contributed by atoms with van der Waals surface area (Å²) in [6, 6.07) is 6.84. The van der Waals surface area contributed by atoms with Gasteiger partial charge < -0.3 is 9.84 Å². The minimum atomic E-state index is -1.20. The molecule has 0 aliphatic rings. The Morgan fingerprint density at radius 2 is 1.94 bits per heavy atom. The number of hydrogen-bond donors (Lipinski definition) is 1. The smallest absolute Gasteiger partial charge is 0.322 e. The van der Waals surface area contributed by atoms with Crippen LogP contribution in [0, 0.1) is 0 Å². The van der Waals surface area contributed by atoms with E-state index >= 15 is 0 Å². The molecule has 1 N–H and O–H groups in total. The molecule has 16 heavy (non-hydrogen) atoms. The lowest BCUT2D eigenvalue weighted by molar-refractivity contribution is -0.145. The lowest BCUT2D eigenvalue weighted by Gasteiger charge is -2.03. The first-order valence-electron chi connectivity index (χ1n) is 4.74. The van der Waals surface area contributed by atoms with Gasteiger partial charge in [0.25, 0.3) is 0 Å². The van der Waals surface area contributed by atoms with Gasteiger partial charge in [-0.15, -0.1) is 6.58 Å². The molecule has 0 aliphatic heterocycles. The van der Waals surface area contributed by atoms with Gasteiger partial charge in [-0.25, -0.2) is 0 Å². The van der Waals surface area contributed by atoms with E-state index < -0.39 is 18.4 Å². The standard InChI is InChI=1S/C12H12O4/c1-2-3-9-4-6-10(7-5-9)16-12(15)8-11(13)14/h2,4-7H,1,3,8H2,(H,13,14). The third kappa shape index (κ3) is 3.96. The zero-order chi connectivity index (χ0) is 12.0. The minimum Gasteiger partial charge on any atom is -0.481 e. The summed E-state index contributed by atoms with van der Waals surface area (Å²) < 4.78 is 4.81. The molecule has 0 spiro atoms. The van der Waals surface area contributed by atoms with Gasteiger partial charge in [0.15, 0.2) is 0 Å². The lowest BCUT2D eigenvalue weighted by atomic mass is 10.1. The summed E-state index contributed by atoms with van der Waals surface area (Å²) >= 11 is 0. The topological polar surface area (TPSA) is 63.6 Å². The van der Waals surface area contributed by atoms with Gasteiger partial charge in [0.1, 0.15) is 12.2 Å². The van der Waals surface area contributed by atoms with Crippen LogP contribution in [0.4, 0.5) is 0 Å². The molecule has 0 fully saturated rings. The molecule has 0 bridgehead atoms. The molecule has 0 saturated heterocycles. The molecule has 0 radical (unpaired) electrons. The van der Waals surface area contributed by atoms with Gasteiger partial charge >= 0.3 is 11.9 Å². The molecule has 0 aliphatic carbocycles. The highest BCUT2D eigenvalue weighted by molar-refractivity contribution is 5.91. The summed E-state index contributed by atoms with van der Waals surface area (Å²) in [5.41, 5.74) is 1.05. The van der Waals surface area contributed by atoms with Crippen molar-refractivity contribution in [2.75, 3.05) is 0 Å². The van der Waals surface area contributed by atoms with Gasteiger partial charge in [-0.2, -0.15) is 0 Å². The number of carboxylic acids is 1. The minimum absolute atomic E-state index is 0.346. The second-order valence-electron chi connectivity index (χ2n) is 3.18. The van der Waals surface area contributed by atoms with E-state index in [-0.39, 0.29) is 0 Å². The van der Waals surface area contributed by atoms with Crippen LogP contribution in [0.5, 0.6) is 5.75 Å². The number of hydrogen-bond acceptors (Lipinski definition) is 3. The Balaban J connectivity index is 2.57. The Morgan fingerprint density at radius 3 is 2.44 bits per heavy atom. The Kier molecular flexibility index (Phi) is 4.27. The van der Waals surface area contributed by atoms with Crippen molar-refractivity contribution in [1.82, 2.24) is 0 Å². The number of carbonyl (C=O) groups excluding carboxylic acids is 1. The number of ether oxygens (including phenoxy) is 1. The summed E-state index contributed by atoms with van der Waals surface area (Å²) in [6.45, 7) is 3.61. The van der Waals surface area contributed by atoms with Crippen LogP contribution in [0.2, 0.25) is 0 Å². The van der Waals surface area contributed by atoms with Crippen molar-refractivity contribution in [2.45, 2.75) is 12.8 Å². The predicted molar refractivity (Wildman–Crippen MR) is 58.2 cm³/mol. The van der Waals surface area contributed by atoms with Crippen LogP contribution in [0.3, 0.4) is 0 Å². The van der Waals surface area contributed by atoms with E-state index in [1.54, 1.807) is 30.3 Å². The normalized spacial score (nSPS) is 9.50. The quantitative estimate of drug-likeness (QED) is 0.355. The summed E-state index contributed by atoms with van der Waals surface area (Å²) in [6.07, 6.45) is 1.88. The van der Waals surface area contributed by atoms with Gasteiger partial charge in [0.05, 0.1) is 0 Å². The number of rotatable bonds is 5. The molecule has 4 nitrogen and oxygen atoms in total. The zero-order valence-corrected chi connectivity index (χ0v) is 8.68. The first-order valence-corrected chi connectivity index (χ1v) is 4.74. The molecule has 1 rings (SSSR count).